The highest BCUT2D eigenvalue weighted by Crippen LogP contribution is 2.61. The molecule has 0 radical (unpaired) electrons. The average molecular weight is 262 g/mol. The first-order chi connectivity index (χ1) is 9.03. The molecule has 1 fully saturated rings. The molecule has 0 bridgehead atoms. The van der Waals surface area contributed by atoms with E-state index in [2.05, 4.69) is 19.9 Å². The zero-order chi connectivity index (χ0) is 13.7. The Hall–Kier alpha value is -0.600. The van der Waals surface area contributed by atoms with Crippen LogP contribution in [0, 0.1) is 10.8 Å². The van der Waals surface area contributed by atoms with Crippen molar-refractivity contribution in [2.45, 2.75) is 64.9 Å². The van der Waals surface area contributed by atoms with E-state index < -0.39 is 0 Å². The second kappa shape index (κ2) is 4.46. The molecule has 0 heterocycles. The number of hydrogen-bond acceptors (Lipinski definition) is 2. The molecular weight excluding hydrogens is 236 g/mol. The van der Waals surface area contributed by atoms with Gasteiger partial charge in [0.2, 0.25) is 0 Å². The monoisotopic (exact) mass is 262 g/mol. The van der Waals surface area contributed by atoms with E-state index in [1.807, 2.05) is 0 Å². The highest BCUT2D eigenvalue weighted by Gasteiger charge is 2.51. The van der Waals surface area contributed by atoms with Crippen molar-refractivity contribution in [2.24, 2.45) is 10.8 Å². The van der Waals surface area contributed by atoms with Crippen LogP contribution in [-0.2, 0) is 0 Å². The zero-order valence-corrected chi connectivity index (χ0v) is 12.2. The third-order valence-corrected chi connectivity index (χ3v) is 6.09. The number of aliphatic hydroxyl groups is 2. The summed E-state index contributed by atoms with van der Waals surface area (Å²) < 4.78 is 0. The van der Waals surface area contributed by atoms with Crippen molar-refractivity contribution < 1.29 is 10.2 Å². The van der Waals surface area contributed by atoms with Crippen molar-refractivity contribution in [3.63, 3.8) is 0 Å². The molecule has 0 saturated heterocycles. The molecule has 1 unspecified atom stereocenters. The topological polar surface area (TPSA) is 40.5 Å². The molecule has 0 amide bonds. The second-order valence-corrected chi connectivity index (χ2v) is 7.00. The van der Waals surface area contributed by atoms with E-state index in [0.29, 0.717) is 6.61 Å². The van der Waals surface area contributed by atoms with Crippen LogP contribution in [0.15, 0.2) is 22.8 Å². The fourth-order valence-electron chi connectivity index (χ4n) is 4.92. The van der Waals surface area contributed by atoms with Crippen molar-refractivity contribution in [2.75, 3.05) is 6.61 Å². The molecule has 1 saturated carbocycles. The number of fused-ring (bicyclic) bond motifs is 3. The number of aliphatic hydroxyl groups excluding tert-OH is 2. The van der Waals surface area contributed by atoms with E-state index in [1.54, 1.807) is 0 Å². The minimum atomic E-state index is -0.242. The van der Waals surface area contributed by atoms with Gasteiger partial charge >= 0.3 is 0 Å². The van der Waals surface area contributed by atoms with E-state index in [0.717, 1.165) is 38.5 Å². The minimum Gasteiger partial charge on any atom is -0.395 e. The fraction of sp³-hybridized carbons (Fsp3) is 0.765. The summed E-state index contributed by atoms with van der Waals surface area (Å²) in [6, 6.07) is 0. The van der Waals surface area contributed by atoms with Gasteiger partial charge in [0.15, 0.2) is 0 Å². The zero-order valence-electron chi connectivity index (χ0n) is 12.2. The Labute approximate surface area is 116 Å². The fourth-order valence-corrected chi connectivity index (χ4v) is 4.92. The smallest absolute Gasteiger partial charge is 0.0750 e. The average Bonchev–Trinajstić information content (AvgIpc) is 2.43. The molecule has 3 atom stereocenters. The summed E-state index contributed by atoms with van der Waals surface area (Å²) in [5, 5.41) is 20.1. The second-order valence-electron chi connectivity index (χ2n) is 7.00. The van der Waals surface area contributed by atoms with Crippen molar-refractivity contribution in [1.29, 1.82) is 0 Å². The van der Waals surface area contributed by atoms with Crippen LogP contribution in [0.1, 0.15) is 58.8 Å². The van der Waals surface area contributed by atoms with E-state index in [9.17, 15) is 10.2 Å². The molecule has 2 nitrogen and oxygen atoms in total. The first-order valence-corrected chi connectivity index (χ1v) is 7.74. The van der Waals surface area contributed by atoms with Gasteiger partial charge in [0.05, 0.1) is 12.7 Å². The van der Waals surface area contributed by atoms with Gasteiger partial charge in [-0.15, -0.1) is 0 Å². The molecule has 2 N–H and O–H groups in total. The van der Waals surface area contributed by atoms with Crippen molar-refractivity contribution >= 4 is 0 Å². The molecule has 3 aliphatic rings. The van der Waals surface area contributed by atoms with E-state index in [4.69, 9.17) is 0 Å². The third kappa shape index (κ3) is 1.76. The third-order valence-electron chi connectivity index (χ3n) is 6.09. The molecule has 0 spiro atoms. The van der Waals surface area contributed by atoms with Crippen LogP contribution in [0.2, 0.25) is 0 Å². The summed E-state index contributed by atoms with van der Waals surface area (Å²) in [6.45, 7) is 4.74. The van der Waals surface area contributed by atoms with E-state index in [-0.39, 0.29) is 16.9 Å². The molecule has 0 aromatic carbocycles. The van der Waals surface area contributed by atoms with Gasteiger partial charge in [0, 0.05) is 10.8 Å². The van der Waals surface area contributed by atoms with Gasteiger partial charge in [0.25, 0.3) is 0 Å². The molecule has 0 aromatic rings. The lowest BCUT2D eigenvalue weighted by Crippen LogP contribution is -2.45. The molecule has 19 heavy (non-hydrogen) atoms. The Kier molecular flexibility index (Phi) is 3.14. The molecular formula is C17H26O2. The van der Waals surface area contributed by atoms with E-state index >= 15 is 0 Å². The lowest BCUT2D eigenvalue weighted by atomic mass is 9.51. The summed E-state index contributed by atoms with van der Waals surface area (Å²) in [5.74, 6) is 0. The predicted molar refractivity (Wildman–Crippen MR) is 76.7 cm³/mol. The summed E-state index contributed by atoms with van der Waals surface area (Å²) in [4.78, 5) is 0. The summed E-state index contributed by atoms with van der Waals surface area (Å²) in [7, 11) is 0. The molecule has 3 aliphatic carbocycles. The highest BCUT2D eigenvalue weighted by atomic mass is 16.3. The molecule has 2 heteroatoms. The van der Waals surface area contributed by atoms with Crippen LogP contribution in [0.4, 0.5) is 0 Å². The van der Waals surface area contributed by atoms with Crippen LogP contribution in [0.5, 0.6) is 0 Å². The summed E-state index contributed by atoms with van der Waals surface area (Å²) in [5.41, 5.74) is 4.29. The highest BCUT2D eigenvalue weighted by molar-refractivity contribution is 5.42. The van der Waals surface area contributed by atoms with Gasteiger partial charge < -0.3 is 10.2 Å². The van der Waals surface area contributed by atoms with Crippen LogP contribution in [-0.4, -0.2) is 22.9 Å². The maximum absolute atomic E-state index is 10.1. The van der Waals surface area contributed by atoms with E-state index in [1.165, 1.54) is 23.1 Å². The van der Waals surface area contributed by atoms with Crippen molar-refractivity contribution in [1.82, 2.24) is 0 Å². The number of allylic oxidation sites excluding steroid dienone is 2. The molecule has 3 rings (SSSR count). The van der Waals surface area contributed by atoms with Gasteiger partial charge in [-0.3, -0.25) is 0 Å². The Bertz CT molecular complexity index is 448. The van der Waals surface area contributed by atoms with Gasteiger partial charge in [-0.1, -0.05) is 24.1 Å². The van der Waals surface area contributed by atoms with Crippen LogP contribution in [0.25, 0.3) is 0 Å². The van der Waals surface area contributed by atoms with Crippen LogP contribution in [0.3, 0.4) is 0 Å². The Morgan fingerprint density at radius 2 is 2.11 bits per heavy atom. The first-order valence-electron chi connectivity index (χ1n) is 7.74. The Morgan fingerprint density at radius 1 is 1.32 bits per heavy atom. The first kappa shape index (κ1) is 13.4. The molecule has 0 aliphatic heterocycles. The Morgan fingerprint density at radius 3 is 2.84 bits per heavy atom. The lowest BCUT2D eigenvalue weighted by molar-refractivity contribution is 0.0758. The normalized spacial score (nSPS) is 42.5. The van der Waals surface area contributed by atoms with Gasteiger partial charge in [0.1, 0.15) is 0 Å². The quantitative estimate of drug-likeness (QED) is 0.711. The van der Waals surface area contributed by atoms with Gasteiger partial charge in [-0.2, -0.15) is 0 Å². The predicted octanol–water partition coefficient (Wildman–Crippen LogP) is 3.35. The van der Waals surface area contributed by atoms with Gasteiger partial charge in [-0.05, 0) is 57.4 Å². The molecule has 106 valence electrons. The number of rotatable bonds is 1. The maximum atomic E-state index is 10.1. The molecule has 0 aromatic heterocycles. The van der Waals surface area contributed by atoms with Crippen LogP contribution < -0.4 is 0 Å². The Balaban J connectivity index is 2.11. The number of hydrogen-bond donors (Lipinski definition) is 2. The van der Waals surface area contributed by atoms with Crippen LogP contribution >= 0.6 is 0 Å². The van der Waals surface area contributed by atoms with Crippen molar-refractivity contribution in [3.8, 4) is 0 Å². The SMILES string of the molecule is CC1=C2CC[C@@]3(CO)CCCC=C3[C@@]2(C)CCC1O. The standard InChI is InChI=1S/C17H26O2/c1-12-13-6-10-17(11-18)8-4-3-5-15(17)16(13,2)9-7-14(12)19/h5,14,18-19H,3-4,6-11H2,1-2H3/t14?,16-,17+/m0/s1. The minimum absolute atomic E-state index is 0.0407. The summed E-state index contributed by atoms with van der Waals surface area (Å²) >= 11 is 0. The largest absolute Gasteiger partial charge is 0.395 e. The maximum Gasteiger partial charge on any atom is 0.0750 e. The lowest BCUT2D eigenvalue weighted by Gasteiger charge is -2.54. The summed E-state index contributed by atoms with van der Waals surface area (Å²) in [6.07, 6.45) is 9.68. The van der Waals surface area contributed by atoms with Crippen molar-refractivity contribution in [3.05, 3.63) is 22.8 Å². The van der Waals surface area contributed by atoms with Gasteiger partial charge in [-0.25, -0.2) is 0 Å².